The summed E-state index contributed by atoms with van der Waals surface area (Å²) in [7, 11) is 0. The van der Waals surface area contributed by atoms with Crippen molar-refractivity contribution in [1.82, 2.24) is 4.98 Å². The number of nitrogens with zero attached hydrogens (tertiary/aromatic N) is 2. The predicted molar refractivity (Wildman–Crippen MR) is 117 cm³/mol. The molecule has 0 saturated carbocycles. The summed E-state index contributed by atoms with van der Waals surface area (Å²) in [5.74, 6) is 0.0370. The van der Waals surface area contributed by atoms with Gasteiger partial charge in [0.15, 0.2) is 11.7 Å². The number of carbonyl (C=O) groups is 2. The molecule has 0 bridgehead atoms. The maximum absolute atomic E-state index is 12.3. The SMILES string of the molecule is CC(=O)N(c1nc(COC(=O)COc2ccccc2C)cs1)c1cccc(C)c1C. The Labute approximate surface area is 180 Å². The third-order valence-electron chi connectivity index (χ3n) is 4.68. The number of benzene rings is 2. The van der Waals surface area contributed by atoms with E-state index in [0.717, 1.165) is 22.4 Å². The molecule has 0 spiro atoms. The van der Waals surface area contributed by atoms with Crippen LogP contribution in [0, 0.1) is 20.8 Å². The van der Waals surface area contributed by atoms with Crippen molar-refractivity contribution < 1.29 is 19.1 Å². The molecule has 0 saturated heterocycles. The number of carbonyl (C=O) groups excluding carboxylic acids is 2. The number of hydrogen-bond acceptors (Lipinski definition) is 6. The molecule has 0 aliphatic rings. The molecule has 0 radical (unpaired) electrons. The summed E-state index contributed by atoms with van der Waals surface area (Å²) in [4.78, 5) is 30.4. The maximum atomic E-state index is 12.3. The van der Waals surface area contributed by atoms with Crippen molar-refractivity contribution in [3.05, 3.63) is 70.2 Å². The molecule has 0 atom stereocenters. The molecular weight excluding hydrogens is 400 g/mol. The summed E-state index contributed by atoms with van der Waals surface area (Å²) in [5, 5.41) is 2.32. The number of esters is 1. The first-order chi connectivity index (χ1) is 14.4. The molecule has 30 heavy (non-hydrogen) atoms. The van der Waals surface area contributed by atoms with Crippen LogP contribution < -0.4 is 9.64 Å². The molecule has 0 aliphatic heterocycles. The lowest BCUT2D eigenvalue weighted by Crippen LogP contribution is -2.23. The van der Waals surface area contributed by atoms with Crippen molar-refractivity contribution in [2.24, 2.45) is 0 Å². The van der Waals surface area contributed by atoms with Gasteiger partial charge in [-0.05, 0) is 49.6 Å². The maximum Gasteiger partial charge on any atom is 0.344 e. The monoisotopic (exact) mass is 424 g/mol. The van der Waals surface area contributed by atoms with Gasteiger partial charge in [0.05, 0.1) is 11.4 Å². The Morgan fingerprint density at radius 3 is 2.50 bits per heavy atom. The molecule has 2 aromatic carbocycles. The van der Waals surface area contributed by atoms with Crippen LogP contribution in [0.5, 0.6) is 5.75 Å². The second kappa shape index (κ2) is 9.54. The Bertz CT molecular complexity index is 1060. The number of rotatable bonds is 7. The van der Waals surface area contributed by atoms with Crippen LogP contribution in [0.15, 0.2) is 47.8 Å². The van der Waals surface area contributed by atoms with E-state index in [9.17, 15) is 9.59 Å². The Hall–Kier alpha value is -3.19. The first-order valence-corrected chi connectivity index (χ1v) is 10.4. The molecule has 1 aromatic heterocycles. The third-order valence-corrected chi connectivity index (χ3v) is 5.56. The third kappa shape index (κ3) is 5.04. The number of amides is 1. The number of para-hydroxylation sites is 1. The van der Waals surface area contributed by atoms with Crippen LogP contribution in [0.25, 0.3) is 0 Å². The first-order valence-electron chi connectivity index (χ1n) is 9.52. The molecule has 3 aromatic rings. The number of hydrogen-bond donors (Lipinski definition) is 0. The van der Waals surface area contributed by atoms with Gasteiger partial charge in [0, 0.05) is 12.3 Å². The number of thiazole rings is 1. The zero-order chi connectivity index (χ0) is 21.7. The summed E-state index contributed by atoms with van der Waals surface area (Å²) in [6.07, 6.45) is 0. The second-order valence-electron chi connectivity index (χ2n) is 6.91. The zero-order valence-corrected chi connectivity index (χ0v) is 18.3. The van der Waals surface area contributed by atoms with Crippen LogP contribution in [-0.4, -0.2) is 23.5 Å². The number of ether oxygens (including phenoxy) is 2. The molecule has 0 aliphatic carbocycles. The summed E-state index contributed by atoms with van der Waals surface area (Å²) in [5.41, 5.74) is 4.44. The van der Waals surface area contributed by atoms with E-state index < -0.39 is 5.97 Å². The van der Waals surface area contributed by atoms with Gasteiger partial charge in [0.1, 0.15) is 12.4 Å². The van der Waals surface area contributed by atoms with Crippen molar-refractivity contribution in [1.29, 1.82) is 0 Å². The highest BCUT2D eigenvalue weighted by Gasteiger charge is 2.20. The van der Waals surface area contributed by atoms with Gasteiger partial charge in [0.2, 0.25) is 5.91 Å². The molecule has 0 N–H and O–H groups in total. The average Bonchev–Trinajstić information content (AvgIpc) is 3.17. The van der Waals surface area contributed by atoms with Crippen molar-refractivity contribution in [2.75, 3.05) is 11.5 Å². The minimum atomic E-state index is -0.481. The molecule has 0 unspecified atom stereocenters. The van der Waals surface area contributed by atoms with Crippen molar-refractivity contribution in [3.63, 3.8) is 0 Å². The highest BCUT2D eigenvalue weighted by Crippen LogP contribution is 2.32. The van der Waals surface area contributed by atoms with E-state index >= 15 is 0 Å². The standard InChI is InChI=1S/C23H24N2O4S/c1-15-9-7-10-20(17(15)3)25(18(4)26)23-24-19(14-30-23)12-29-22(27)13-28-21-11-6-5-8-16(21)2/h5-11,14H,12-13H2,1-4H3. The molecule has 1 amide bonds. The molecular formula is C23H24N2O4S. The van der Waals surface area contributed by atoms with E-state index in [1.165, 1.54) is 18.3 Å². The summed E-state index contributed by atoms with van der Waals surface area (Å²) < 4.78 is 10.8. The minimum absolute atomic E-state index is 0.0189. The molecule has 0 fully saturated rings. The van der Waals surface area contributed by atoms with E-state index in [1.54, 1.807) is 16.3 Å². The Balaban J connectivity index is 1.63. The molecule has 1 heterocycles. The Morgan fingerprint density at radius 1 is 1.03 bits per heavy atom. The predicted octanol–water partition coefficient (Wildman–Crippen LogP) is 4.88. The highest BCUT2D eigenvalue weighted by atomic mass is 32.1. The summed E-state index contributed by atoms with van der Waals surface area (Å²) in [6, 6.07) is 13.3. The number of aromatic nitrogens is 1. The summed E-state index contributed by atoms with van der Waals surface area (Å²) in [6.45, 7) is 7.24. The quantitative estimate of drug-likeness (QED) is 0.506. The van der Waals surface area contributed by atoms with Crippen molar-refractivity contribution in [3.8, 4) is 5.75 Å². The van der Waals surface area contributed by atoms with E-state index in [4.69, 9.17) is 9.47 Å². The Kier molecular flexibility index (Phi) is 6.84. The normalized spacial score (nSPS) is 10.5. The fourth-order valence-electron chi connectivity index (χ4n) is 2.90. The largest absolute Gasteiger partial charge is 0.482 e. The smallest absolute Gasteiger partial charge is 0.344 e. The first kappa shape index (κ1) is 21.5. The van der Waals surface area contributed by atoms with Crippen molar-refractivity contribution >= 4 is 34.0 Å². The molecule has 3 rings (SSSR count). The molecule has 7 heteroatoms. The van der Waals surface area contributed by atoms with Crippen LogP contribution in [0.3, 0.4) is 0 Å². The number of anilines is 2. The lowest BCUT2D eigenvalue weighted by atomic mass is 10.1. The highest BCUT2D eigenvalue weighted by molar-refractivity contribution is 7.14. The zero-order valence-electron chi connectivity index (χ0n) is 17.5. The molecule has 156 valence electrons. The van der Waals surface area contributed by atoms with Crippen LogP contribution in [0.1, 0.15) is 29.3 Å². The Morgan fingerprint density at radius 2 is 1.77 bits per heavy atom. The number of aryl methyl sites for hydroxylation is 2. The van der Waals surface area contributed by atoms with Crippen LogP contribution in [-0.2, 0) is 20.9 Å². The van der Waals surface area contributed by atoms with E-state index in [1.807, 2.05) is 57.2 Å². The second-order valence-corrected chi connectivity index (χ2v) is 7.75. The average molecular weight is 425 g/mol. The van der Waals surface area contributed by atoms with Gasteiger partial charge in [-0.15, -0.1) is 11.3 Å². The van der Waals surface area contributed by atoms with E-state index in [2.05, 4.69) is 4.98 Å². The van der Waals surface area contributed by atoms with Crippen molar-refractivity contribution in [2.45, 2.75) is 34.3 Å². The van der Waals surface area contributed by atoms with Gasteiger partial charge in [-0.25, -0.2) is 9.78 Å². The minimum Gasteiger partial charge on any atom is -0.482 e. The van der Waals surface area contributed by atoms with Gasteiger partial charge in [0.25, 0.3) is 0 Å². The van der Waals surface area contributed by atoms with Gasteiger partial charge >= 0.3 is 5.97 Å². The lowest BCUT2D eigenvalue weighted by Gasteiger charge is -2.21. The van der Waals surface area contributed by atoms with Gasteiger partial charge in [-0.1, -0.05) is 30.3 Å². The van der Waals surface area contributed by atoms with Gasteiger partial charge < -0.3 is 9.47 Å². The molecule has 6 nitrogen and oxygen atoms in total. The van der Waals surface area contributed by atoms with E-state index in [-0.39, 0.29) is 19.1 Å². The fraction of sp³-hybridized carbons (Fsp3) is 0.261. The van der Waals surface area contributed by atoms with Crippen LogP contribution in [0.4, 0.5) is 10.8 Å². The van der Waals surface area contributed by atoms with E-state index in [0.29, 0.717) is 16.6 Å². The van der Waals surface area contributed by atoms with Gasteiger partial charge in [-0.3, -0.25) is 9.69 Å². The van der Waals surface area contributed by atoms with Gasteiger partial charge in [-0.2, -0.15) is 0 Å². The fourth-order valence-corrected chi connectivity index (χ4v) is 3.77. The summed E-state index contributed by atoms with van der Waals surface area (Å²) >= 11 is 1.33. The topological polar surface area (TPSA) is 68.7 Å². The van der Waals surface area contributed by atoms with Crippen LogP contribution >= 0.6 is 11.3 Å². The van der Waals surface area contributed by atoms with Crippen LogP contribution in [0.2, 0.25) is 0 Å². The lowest BCUT2D eigenvalue weighted by molar-refractivity contribution is -0.147.